The Bertz CT molecular complexity index is 548. The zero-order chi connectivity index (χ0) is 15.1. The van der Waals surface area contributed by atoms with Gasteiger partial charge in [-0.25, -0.2) is 4.79 Å². The number of benzene rings is 1. The highest BCUT2D eigenvalue weighted by Crippen LogP contribution is 2.02. The number of urea groups is 1. The predicted octanol–water partition coefficient (Wildman–Crippen LogP) is 2.33. The molecule has 0 spiro atoms. The fourth-order valence-electron chi connectivity index (χ4n) is 2.01. The van der Waals surface area contributed by atoms with Gasteiger partial charge in [0.05, 0.1) is 0 Å². The number of amides is 2. The van der Waals surface area contributed by atoms with Crippen LogP contribution in [-0.2, 0) is 13.1 Å². The quantitative estimate of drug-likeness (QED) is 0.856. The van der Waals surface area contributed by atoms with E-state index in [-0.39, 0.29) is 6.03 Å². The lowest BCUT2D eigenvalue weighted by molar-refractivity contribution is 0.238. The van der Waals surface area contributed by atoms with Crippen LogP contribution in [0.25, 0.3) is 0 Å². The minimum atomic E-state index is -0.136. The molecule has 1 unspecified atom stereocenters. The third kappa shape index (κ3) is 5.30. The van der Waals surface area contributed by atoms with Gasteiger partial charge in [0.1, 0.15) is 0 Å². The Balaban J connectivity index is 1.66. The highest BCUT2D eigenvalue weighted by Gasteiger charge is 2.06. The van der Waals surface area contributed by atoms with Gasteiger partial charge in [-0.3, -0.25) is 4.68 Å². The molecule has 2 aromatic rings. The van der Waals surface area contributed by atoms with E-state index in [1.54, 1.807) is 6.20 Å². The number of carbonyl (C=O) groups is 1. The number of nitrogens with zero attached hydrogens (tertiary/aromatic N) is 2. The molecule has 0 bridgehead atoms. The maximum absolute atomic E-state index is 11.7. The van der Waals surface area contributed by atoms with Crippen LogP contribution >= 0.6 is 0 Å². The molecule has 2 rings (SSSR count). The van der Waals surface area contributed by atoms with Gasteiger partial charge in [0.15, 0.2) is 0 Å². The van der Waals surface area contributed by atoms with Crippen molar-refractivity contribution in [2.75, 3.05) is 6.54 Å². The Hall–Kier alpha value is -2.30. The molecule has 0 aliphatic carbocycles. The van der Waals surface area contributed by atoms with Crippen LogP contribution in [0, 0.1) is 12.8 Å². The summed E-state index contributed by atoms with van der Waals surface area (Å²) in [5.74, 6) is 0.329. The van der Waals surface area contributed by atoms with Gasteiger partial charge in [-0.05, 0) is 24.5 Å². The second-order valence-corrected chi connectivity index (χ2v) is 5.38. The normalized spacial score (nSPS) is 11.9. The summed E-state index contributed by atoms with van der Waals surface area (Å²) in [6.45, 7) is 6.09. The molecule has 1 atom stereocenters. The highest BCUT2D eigenvalue weighted by atomic mass is 16.2. The Morgan fingerprint density at radius 1 is 1.29 bits per heavy atom. The number of aryl methyl sites for hydroxylation is 1. The van der Waals surface area contributed by atoms with Gasteiger partial charge in [-0.1, -0.05) is 36.8 Å². The fourth-order valence-corrected chi connectivity index (χ4v) is 2.01. The van der Waals surface area contributed by atoms with Crippen LogP contribution in [0.3, 0.4) is 0 Å². The summed E-state index contributed by atoms with van der Waals surface area (Å²) >= 11 is 0. The van der Waals surface area contributed by atoms with Crippen molar-refractivity contribution in [1.29, 1.82) is 0 Å². The highest BCUT2D eigenvalue weighted by molar-refractivity contribution is 5.73. The van der Waals surface area contributed by atoms with E-state index in [9.17, 15) is 4.79 Å². The van der Waals surface area contributed by atoms with E-state index in [0.717, 1.165) is 12.1 Å². The topological polar surface area (TPSA) is 59.0 Å². The van der Waals surface area contributed by atoms with Gasteiger partial charge in [-0.15, -0.1) is 0 Å². The Labute approximate surface area is 125 Å². The van der Waals surface area contributed by atoms with Crippen molar-refractivity contribution in [3.63, 3.8) is 0 Å². The van der Waals surface area contributed by atoms with Crippen LogP contribution in [0.15, 0.2) is 42.7 Å². The van der Waals surface area contributed by atoms with Gasteiger partial charge in [0.2, 0.25) is 0 Å². The number of rotatable bonds is 6. The first-order valence-electron chi connectivity index (χ1n) is 7.18. The molecule has 0 aliphatic heterocycles. The SMILES string of the molecule is Cc1ccc(CNC(=O)NCC(C)Cn2cccn2)cc1. The van der Waals surface area contributed by atoms with Crippen molar-refractivity contribution in [2.45, 2.75) is 26.9 Å². The van der Waals surface area contributed by atoms with Crippen molar-refractivity contribution >= 4 is 6.03 Å². The molecule has 0 saturated heterocycles. The Kier molecular flexibility index (Phi) is 5.37. The molecule has 2 amide bonds. The fraction of sp³-hybridized carbons (Fsp3) is 0.375. The lowest BCUT2D eigenvalue weighted by atomic mass is 10.1. The molecule has 2 N–H and O–H groups in total. The summed E-state index contributed by atoms with van der Waals surface area (Å²) in [5, 5.41) is 9.90. The van der Waals surface area contributed by atoms with Crippen molar-refractivity contribution in [3.8, 4) is 0 Å². The summed E-state index contributed by atoms with van der Waals surface area (Å²) in [5.41, 5.74) is 2.32. The minimum absolute atomic E-state index is 0.136. The molecule has 1 heterocycles. The lowest BCUT2D eigenvalue weighted by Gasteiger charge is -2.13. The first kappa shape index (κ1) is 15.1. The molecule has 0 aliphatic rings. The Morgan fingerprint density at radius 3 is 2.71 bits per heavy atom. The average Bonchev–Trinajstić information content (AvgIpc) is 2.97. The molecule has 0 fully saturated rings. The summed E-state index contributed by atoms with van der Waals surface area (Å²) < 4.78 is 1.87. The predicted molar refractivity (Wildman–Crippen MR) is 82.8 cm³/mol. The zero-order valence-corrected chi connectivity index (χ0v) is 12.5. The van der Waals surface area contributed by atoms with Crippen LogP contribution in [0.5, 0.6) is 0 Å². The molecule has 5 nitrogen and oxygen atoms in total. The largest absolute Gasteiger partial charge is 0.338 e. The van der Waals surface area contributed by atoms with Crippen LogP contribution < -0.4 is 10.6 Å². The summed E-state index contributed by atoms with van der Waals surface area (Å²) in [7, 11) is 0. The molecule has 1 aromatic carbocycles. The number of hydrogen-bond donors (Lipinski definition) is 2. The molecule has 0 saturated carbocycles. The Morgan fingerprint density at radius 2 is 2.05 bits per heavy atom. The molecule has 21 heavy (non-hydrogen) atoms. The number of nitrogens with one attached hydrogen (secondary N) is 2. The van der Waals surface area contributed by atoms with E-state index < -0.39 is 0 Å². The average molecular weight is 286 g/mol. The number of hydrogen-bond acceptors (Lipinski definition) is 2. The smallest absolute Gasteiger partial charge is 0.315 e. The second kappa shape index (κ2) is 7.47. The summed E-state index contributed by atoms with van der Waals surface area (Å²) in [4.78, 5) is 11.7. The van der Waals surface area contributed by atoms with Crippen LogP contribution in [0.2, 0.25) is 0 Å². The van der Waals surface area contributed by atoms with Crippen LogP contribution in [0.4, 0.5) is 4.79 Å². The molecular weight excluding hydrogens is 264 g/mol. The van der Waals surface area contributed by atoms with Gasteiger partial charge in [0, 0.05) is 32.0 Å². The van der Waals surface area contributed by atoms with Crippen LogP contribution in [-0.4, -0.2) is 22.4 Å². The summed E-state index contributed by atoms with van der Waals surface area (Å²) in [6, 6.07) is 9.89. The third-order valence-electron chi connectivity index (χ3n) is 3.24. The zero-order valence-electron chi connectivity index (χ0n) is 12.5. The van der Waals surface area contributed by atoms with Crippen molar-refractivity contribution in [2.24, 2.45) is 5.92 Å². The van der Waals surface area contributed by atoms with Gasteiger partial charge < -0.3 is 10.6 Å². The monoisotopic (exact) mass is 286 g/mol. The van der Waals surface area contributed by atoms with Crippen molar-refractivity contribution in [3.05, 3.63) is 53.9 Å². The maximum Gasteiger partial charge on any atom is 0.315 e. The maximum atomic E-state index is 11.7. The molecule has 1 aromatic heterocycles. The van der Waals surface area contributed by atoms with E-state index in [1.807, 2.05) is 48.1 Å². The summed E-state index contributed by atoms with van der Waals surface area (Å²) in [6.07, 6.45) is 3.68. The van der Waals surface area contributed by atoms with Crippen LogP contribution in [0.1, 0.15) is 18.1 Å². The third-order valence-corrected chi connectivity index (χ3v) is 3.24. The molecular formula is C16H22N4O. The standard InChI is InChI=1S/C16H22N4O/c1-13-4-6-15(7-5-13)11-18-16(21)17-10-14(2)12-20-9-3-8-19-20/h3-9,14H,10-12H2,1-2H3,(H2,17,18,21). The number of carbonyl (C=O) groups excluding carboxylic acids is 1. The van der Waals surface area contributed by atoms with Gasteiger partial charge >= 0.3 is 6.03 Å². The van der Waals surface area contributed by atoms with Crippen molar-refractivity contribution < 1.29 is 4.79 Å². The van der Waals surface area contributed by atoms with Gasteiger partial charge in [0.25, 0.3) is 0 Å². The molecule has 112 valence electrons. The minimum Gasteiger partial charge on any atom is -0.338 e. The van der Waals surface area contributed by atoms with E-state index in [2.05, 4.69) is 22.7 Å². The van der Waals surface area contributed by atoms with E-state index >= 15 is 0 Å². The lowest BCUT2D eigenvalue weighted by Crippen LogP contribution is -2.38. The molecule has 0 radical (unpaired) electrons. The molecule has 5 heteroatoms. The van der Waals surface area contributed by atoms with E-state index in [0.29, 0.717) is 19.0 Å². The van der Waals surface area contributed by atoms with Crippen molar-refractivity contribution in [1.82, 2.24) is 20.4 Å². The first-order chi connectivity index (χ1) is 10.1. The van der Waals surface area contributed by atoms with E-state index in [4.69, 9.17) is 0 Å². The van der Waals surface area contributed by atoms with Gasteiger partial charge in [-0.2, -0.15) is 5.10 Å². The second-order valence-electron chi connectivity index (χ2n) is 5.38. The number of aromatic nitrogens is 2. The first-order valence-corrected chi connectivity index (χ1v) is 7.18. The van der Waals surface area contributed by atoms with E-state index in [1.165, 1.54) is 5.56 Å².